The fraction of sp³-hybridized carbons (Fsp3) is 0.130. The molecule has 0 aliphatic rings. The zero-order valence-corrected chi connectivity index (χ0v) is 15.9. The van der Waals surface area contributed by atoms with Crippen LogP contribution in [0.15, 0.2) is 54.6 Å². The molecule has 146 valence electrons. The number of pyridine rings is 1. The van der Waals surface area contributed by atoms with Gasteiger partial charge in [0.05, 0.1) is 12.8 Å². The second kappa shape index (κ2) is 7.47. The van der Waals surface area contributed by atoms with Crippen LogP contribution in [0, 0.1) is 18.6 Å². The number of H-pyrrole nitrogens is 1. The number of hydrogen-bond acceptors (Lipinski definition) is 3. The van der Waals surface area contributed by atoms with Crippen molar-refractivity contribution in [3.63, 3.8) is 0 Å². The normalized spacial score (nSPS) is 11.0. The molecule has 6 heteroatoms. The van der Waals surface area contributed by atoms with Crippen molar-refractivity contribution in [3.05, 3.63) is 88.7 Å². The van der Waals surface area contributed by atoms with Gasteiger partial charge in [0, 0.05) is 23.0 Å². The van der Waals surface area contributed by atoms with E-state index in [1.807, 2.05) is 0 Å². The van der Waals surface area contributed by atoms with Gasteiger partial charge in [-0.25, -0.2) is 18.6 Å². The first-order valence-electron chi connectivity index (χ1n) is 9.07. The molecular weight excluding hydrogens is 374 g/mol. The number of carbonyl (C=O) groups is 1. The topological polar surface area (TPSA) is 55.0 Å². The number of fused-ring (bicyclic) bond motifs is 1. The summed E-state index contributed by atoms with van der Waals surface area (Å²) in [7, 11) is 1.30. The summed E-state index contributed by atoms with van der Waals surface area (Å²) < 4.78 is 32.4. The molecule has 2 aromatic heterocycles. The Morgan fingerprint density at radius 2 is 1.86 bits per heavy atom. The highest BCUT2D eigenvalue weighted by molar-refractivity contribution is 5.92. The van der Waals surface area contributed by atoms with Crippen molar-refractivity contribution in [3.8, 4) is 11.3 Å². The van der Waals surface area contributed by atoms with Gasteiger partial charge < -0.3 is 9.72 Å². The molecule has 0 spiro atoms. The molecule has 0 radical (unpaired) electrons. The lowest BCUT2D eigenvalue weighted by molar-refractivity contribution is 0.0593. The van der Waals surface area contributed by atoms with Crippen molar-refractivity contribution >= 4 is 16.9 Å². The zero-order valence-electron chi connectivity index (χ0n) is 15.9. The summed E-state index contributed by atoms with van der Waals surface area (Å²) in [5.41, 5.74) is 4.51. The highest BCUT2D eigenvalue weighted by Gasteiger charge is 2.17. The molecule has 0 saturated carbocycles. The van der Waals surface area contributed by atoms with Crippen LogP contribution in [-0.4, -0.2) is 23.0 Å². The van der Waals surface area contributed by atoms with Gasteiger partial charge in [-0.1, -0.05) is 6.07 Å². The summed E-state index contributed by atoms with van der Waals surface area (Å²) in [4.78, 5) is 19.5. The number of aryl methyl sites for hydroxylation is 1. The van der Waals surface area contributed by atoms with Crippen molar-refractivity contribution < 1.29 is 18.3 Å². The summed E-state index contributed by atoms with van der Waals surface area (Å²) in [6, 6.07) is 14.5. The van der Waals surface area contributed by atoms with Gasteiger partial charge >= 0.3 is 5.97 Å². The molecule has 0 fully saturated rings. The molecule has 2 heterocycles. The minimum atomic E-state index is -0.522. The molecule has 4 nitrogen and oxygen atoms in total. The fourth-order valence-electron chi connectivity index (χ4n) is 3.40. The van der Waals surface area contributed by atoms with Gasteiger partial charge in [-0.3, -0.25) is 0 Å². The Bertz CT molecular complexity index is 1210. The number of benzene rings is 2. The summed E-state index contributed by atoms with van der Waals surface area (Å²) in [6.45, 7) is 1.70. The van der Waals surface area contributed by atoms with Crippen LogP contribution < -0.4 is 0 Å². The van der Waals surface area contributed by atoms with Crippen LogP contribution in [0.1, 0.15) is 27.3 Å². The molecule has 0 aliphatic carbocycles. The van der Waals surface area contributed by atoms with E-state index in [0.717, 1.165) is 27.7 Å². The lowest BCUT2D eigenvalue weighted by Gasteiger charge is -2.07. The molecular formula is C23H18F2N2O2. The number of nitrogens with one attached hydrogen (secondary N) is 1. The van der Waals surface area contributed by atoms with Gasteiger partial charge in [0.2, 0.25) is 0 Å². The van der Waals surface area contributed by atoms with Crippen molar-refractivity contribution in [2.75, 3.05) is 7.11 Å². The maximum absolute atomic E-state index is 14.3. The van der Waals surface area contributed by atoms with Crippen LogP contribution in [0.2, 0.25) is 0 Å². The highest BCUT2D eigenvalue weighted by atomic mass is 19.1. The molecule has 4 aromatic rings. The standard InChI is InChI=1S/C23H18F2N2O2/c1-13-10-21-17(12-19(13)25)18(22(27-21)14-6-8-15(24)9-7-14)11-16-4-3-5-20(26-16)23(28)29-2/h3-10,12,27H,11H2,1-2H3. The Hall–Kier alpha value is -3.54. The van der Waals surface area contributed by atoms with E-state index in [1.165, 1.54) is 25.3 Å². The minimum absolute atomic E-state index is 0.204. The smallest absolute Gasteiger partial charge is 0.356 e. The van der Waals surface area contributed by atoms with E-state index >= 15 is 0 Å². The van der Waals surface area contributed by atoms with Crippen LogP contribution in [0.3, 0.4) is 0 Å². The number of aromatic amines is 1. The summed E-state index contributed by atoms with van der Waals surface area (Å²) in [5, 5.41) is 0.720. The molecule has 0 saturated heterocycles. The van der Waals surface area contributed by atoms with Gasteiger partial charge in [0.1, 0.15) is 17.3 Å². The van der Waals surface area contributed by atoms with Gasteiger partial charge in [0.25, 0.3) is 0 Å². The number of carbonyl (C=O) groups excluding carboxylic acids is 1. The fourth-order valence-corrected chi connectivity index (χ4v) is 3.40. The third-order valence-corrected chi connectivity index (χ3v) is 4.88. The average Bonchev–Trinajstić information content (AvgIpc) is 3.05. The van der Waals surface area contributed by atoms with E-state index in [1.54, 1.807) is 43.3 Å². The van der Waals surface area contributed by atoms with Crippen molar-refractivity contribution in [1.29, 1.82) is 0 Å². The molecule has 0 aliphatic heterocycles. The Morgan fingerprint density at radius 1 is 1.10 bits per heavy atom. The van der Waals surface area contributed by atoms with E-state index in [0.29, 0.717) is 17.7 Å². The van der Waals surface area contributed by atoms with Crippen molar-refractivity contribution in [2.45, 2.75) is 13.3 Å². The SMILES string of the molecule is COC(=O)c1cccc(Cc2c(-c3ccc(F)cc3)[nH]c3cc(C)c(F)cc23)n1. The van der Waals surface area contributed by atoms with E-state index < -0.39 is 5.97 Å². The number of nitrogens with zero attached hydrogens (tertiary/aromatic N) is 1. The van der Waals surface area contributed by atoms with Crippen molar-refractivity contribution in [1.82, 2.24) is 9.97 Å². The van der Waals surface area contributed by atoms with Crippen LogP contribution >= 0.6 is 0 Å². The zero-order chi connectivity index (χ0) is 20.5. The summed E-state index contributed by atoms with van der Waals surface area (Å²) >= 11 is 0. The lowest BCUT2D eigenvalue weighted by atomic mass is 10.00. The predicted molar refractivity (Wildman–Crippen MR) is 107 cm³/mol. The third-order valence-electron chi connectivity index (χ3n) is 4.88. The first-order valence-corrected chi connectivity index (χ1v) is 9.07. The van der Waals surface area contributed by atoms with E-state index in [2.05, 4.69) is 9.97 Å². The van der Waals surface area contributed by atoms with Crippen molar-refractivity contribution in [2.24, 2.45) is 0 Å². The Kier molecular flexibility index (Phi) is 4.84. The first kappa shape index (κ1) is 18.8. The molecule has 4 rings (SSSR count). The number of ether oxygens (including phenoxy) is 1. The molecule has 0 atom stereocenters. The van der Waals surface area contributed by atoms with Crippen LogP contribution in [0.5, 0.6) is 0 Å². The molecule has 0 unspecified atom stereocenters. The van der Waals surface area contributed by atoms with Crippen LogP contribution in [0.4, 0.5) is 8.78 Å². The van der Waals surface area contributed by atoms with E-state index in [-0.39, 0.29) is 17.3 Å². The summed E-state index contributed by atoms with van der Waals surface area (Å²) in [5.74, 6) is -1.16. The van der Waals surface area contributed by atoms with Gasteiger partial charge in [-0.2, -0.15) is 0 Å². The number of rotatable bonds is 4. The number of hydrogen-bond donors (Lipinski definition) is 1. The number of esters is 1. The largest absolute Gasteiger partial charge is 0.464 e. The van der Waals surface area contributed by atoms with Gasteiger partial charge in [-0.05, 0) is 72.1 Å². The molecule has 2 aromatic carbocycles. The monoisotopic (exact) mass is 392 g/mol. The molecule has 1 N–H and O–H groups in total. The second-order valence-electron chi connectivity index (χ2n) is 6.81. The van der Waals surface area contributed by atoms with Gasteiger partial charge in [-0.15, -0.1) is 0 Å². The Morgan fingerprint density at radius 3 is 2.59 bits per heavy atom. The van der Waals surface area contributed by atoms with Gasteiger partial charge in [0.15, 0.2) is 0 Å². The highest BCUT2D eigenvalue weighted by Crippen LogP contribution is 2.33. The Labute approximate surface area is 166 Å². The average molecular weight is 392 g/mol. The maximum atomic E-state index is 14.3. The molecule has 0 bridgehead atoms. The second-order valence-corrected chi connectivity index (χ2v) is 6.81. The van der Waals surface area contributed by atoms with E-state index in [9.17, 15) is 13.6 Å². The third kappa shape index (κ3) is 3.61. The Balaban J connectivity index is 1.87. The minimum Gasteiger partial charge on any atom is -0.464 e. The maximum Gasteiger partial charge on any atom is 0.356 e. The summed E-state index contributed by atoms with van der Waals surface area (Å²) in [6.07, 6.45) is 0.361. The first-order chi connectivity index (χ1) is 14.0. The number of methoxy groups -OCH3 is 1. The van der Waals surface area contributed by atoms with Crippen LogP contribution in [0.25, 0.3) is 22.2 Å². The van der Waals surface area contributed by atoms with E-state index in [4.69, 9.17) is 4.74 Å². The molecule has 0 amide bonds. The lowest BCUT2D eigenvalue weighted by Crippen LogP contribution is -2.06. The number of aromatic nitrogens is 2. The number of halogens is 2. The predicted octanol–water partition coefficient (Wildman–Crippen LogP) is 5.19. The molecule has 29 heavy (non-hydrogen) atoms. The van der Waals surface area contributed by atoms with Crippen LogP contribution in [-0.2, 0) is 11.2 Å². The quantitative estimate of drug-likeness (QED) is 0.486.